The van der Waals surface area contributed by atoms with Crippen LogP contribution >= 0.6 is 0 Å². The van der Waals surface area contributed by atoms with Crippen LogP contribution in [0.2, 0.25) is 0 Å². The van der Waals surface area contributed by atoms with E-state index in [9.17, 15) is 9.18 Å². The predicted octanol–water partition coefficient (Wildman–Crippen LogP) is 2.52. The van der Waals surface area contributed by atoms with E-state index >= 15 is 0 Å². The van der Waals surface area contributed by atoms with Gasteiger partial charge in [-0.05, 0) is 35.4 Å². The van der Waals surface area contributed by atoms with Gasteiger partial charge in [0.05, 0.1) is 7.11 Å². The van der Waals surface area contributed by atoms with Crippen LogP contribution in [0.1, 0.15) is 16.8 Å². The van der Waals surface area contributed by atoms with Crippen LogP contribution in [0.25, 0.3) is 0 Å². The first-order chi connectivity index (χ1) is 12.1. The molecule has 0 saturated heterocycles. The minimum absolute atomic E-state index is 0.271. The average molecular weight is 340 g/mol. The Morgan fingerprint density at radius 1 is 1.04 bits per heavy atom. The van der Waals surface area contributed by atoms with E-state index in [1.54, 1.807) is 19.2 Å². The highest BCUT2D eigenvalue weighted by Crippen LogP contribution is 2.13. The summed E-state index contributed by atoms with van der Waals surface area (Å²) in [6.07, 6.45) is 0.380. The van der Waals surface area contributed by atoms with E-state index in [-0.39, 0.29) is 17.3 Å². The van der Waals surface area contributed by atoms with Crippen LogP contribution in [0, 0.1) is 5.82 Å². The number of aromatic amines is 1. The molecule has 0 aliphatic rings. The molecule has 0 bridgehead atoms. The van der Waals surface area contributed by atoms with Crippen molar-refractivity contribution in [2.75, 3.05) is 12.4 Å². The quantitative estimate of drug-likeness (QED) is 0.721. The molecule has 0 saturated carbocycles. The van der Waals surface area contributed by atoms with E-state index in [1.165, 1.54) is 12.1 Å². The predicted molar refractivity (Wildman–Crippen MR) is 92.2 cm³/mol. The molecule has 2 N–H and O–H groups in total. The molecule has 1 heterocycles. The van der Waals surface area contributed by atoms with Gasteiger partial charge >= 0.3 is 0 Å². The SMILES string of the molecule is COc1ccc(Cc2nnc(NCc3ccc(F)cc3)[nH]c2=O)cc1. The molecule has 0 unspecified atom stereocenters. The fraction of sp³-hybridized carbons (Fsp3) is 0.167. The number of nitrogens with zero attached hydrogens (tertiary/aromatic N) is 2. The Morgan fingerprint density at radius 3 is 2.36 bits per heavy atom. The summed E-state index contributed by atoms with van der Waals surface area (Å²) in [5.41, 5.74) is 1.84. The second kappa shape index (κ2) is 7.57. The molecular formula is C18H17FN4O2. The van der Waals surface area contributed by atoms with Gasteiger partial charge in [-0.2, -0.15) is 0 Å². The highest BCUT2D eigenvalue weighted by atomic mass is 19.1. The van der Waals surface area contributed by atoms with E-state index < -0.39 is 0 Å². The Balaban J connectivity index is 1.65. The minimum atomic E-state index is -0.299. The number of benzene rings is 2. The number of H-pyrrole nitrogens is 1. The Bertz CT molecular complexity index is 892. The molecule has 0 radical (unpaired) electrons. The molecule has 2 aromatic carbocycles. The van der Waals surface area contributed by atoms with Gasteiger partial charge in [0.25, 0.3) is 5.56 Å². The lowest BCUT2D eigenvalue weighted by Gasteiger charge is -2.06. The molecule has 0 aliphatic carbocycles. The van der Waals surface area contributed by atoms with Crippen LogP contribution in [0.3, 0.4) is 0 Å². The van der Waals surface area contributed by atoms with Crippen molar-refractivity contribution >= 4 is 5.95 Å². The van der Waals surface area contributed by atoms with Crippen LogP contribution < -0.4 is 15.6 Å². The van der Waals surface area contributed by atoms with Crippen LogP contribution in [0.4, 0.5) is 10.3 Å². The Morgan fingerprint density at radius 2 is 1.72 bits per heavy atom. The second-order valence-electron chi connectivity index (χ2n) is 5.45. The van der Waals surface area contributed by atoms with Gasteiger partial charge in [0, 0.05) is 13.0 Å². The normalized spacial score (nSPS) is 10.5. The summed E-state index contributed by atoms with van der Waals surface area (Å²) >= 11 is 0. The largest absolute Gasteiger partial charge is 0.497 e. The molecule has 128 valence electrons. The maximum Gasteiger partial charge on any atom is 0.274 e. The van der Waals surface area contributed by atoms with Gasteiger partial charge in [-0.1, -0.05) is 24.3 Å². The van der Waals surface area contributed by atoms with Crippen molar-refractivity contribution in [2.45, 2.75) is 13.0 Å². The van der Waals surface area contributed by atoms with Gasteiger partial charge < -0.3 is 10.1 Å². The molecule has 0 amide bonds. The lowest BCUT2D eigenvalue weighted by Crippen LogP contribution is -2.19. The molecule has 0 spiro atoms. The fourth-order valence-corrected chi connectivity index (χ4v) is 2.28. The van der Waals surface area contributed by atoms with Gasteiger partial charge in [0.2, 0.25) is 5.95 Å². The molecule has 0 aliphatic heterocycles. The summed E-state index contributed by atoms with van der Waals surface area (Å²) in [5, 5.41) is 10.9. The highest BCUT2D eigenvalue weighted by molar-refractivity contribution is 5.30. The van der Waals surface area contributed by atoms with Crippen LogP contribution in [0.15, 0.2) is 53.3 Å². The summed E-state index contributed by atoms with van der Waals surface area (Å²) in [6, 6.07) is 13.5. The first-order valence-corrected chi connectivity index (χ1v) is 7.71. The number of methoxy groups -OCH3 is 1. The van der Waals surface area contributed by atoms with Gasteiger partial charge in [0.1, 0.15) is 17.3 Å². The van der Waals surface area contributed by atoms with Gasteiger partial charge in [-0.15, -0.1) is 10.2 Å². The minimum Gasteiger partial charge on any atom is -0.497 e. The van der Waals surface area contributed by atoms with Crippen molar-refractivity contribution in [1.82, 2.24) is 15.2 Å². The zero-order valence-electron chi connectivity index (χ0n) is 13.6. The van der Waals surface area contributed by atoms with Crippen molar-refractivity contribution < 1.29 is 9.13 Å². The van der Waals surface area contributed by atoms with Crippen molar-refractivity contribution in [3.05, 3.63) is 81.5 Å². The van der Waals surface area contributed by atoms with Crippen LogP contribution in [-0.2, 0) is 13.0 Å². The number of hydrogen-bond acceptors (Lipinski definition) is 5. The molecule has 3 aromatic rings. The second-order valence-corrected chi connectivity index (χ2v) is 5.45. The smallest absolute Gasteiger partial charge is 0.274 e. The number of anilines is 1. The molecule has 3 rings (SSSR count). The lowest BCUT2D eigenvalue weighted by molar-refractivity contribution is 0.414. The van der Waals surface area contributed by atoms with Crippen molar-refractivity contribution in [2.24, 2.45) is 0 Å². The van der Waals surface area contributed by atoms with Crippen molar-refractivity contribution in [3.8, 4) is 5.75 Å². The zero-order chi connectivity index (χ0) is 17.6. The monoisotopic (exact) mass is 340 g/mol. The van der Waals surface area contributed by atoms with E-state index in [2.05, 4.69) is 20.5 Å². The highest BCUT2D eigenvalue weighted by Gasteiger charge is 2.06. The van der Waals surface area contributed by atoms with E-state index in [0.29, 0.717) is 18.7 Å². The van der Waals surface area contributed by atoms with Gasteiger partial charge in [0.15, 0.2) is 0 Å². The first kappa shape index (κ1) is 16.6. The van der Waals surface area contributed by atoms with E-state index in [4.69, 9.17) is 4.74 Å². The Kier molecular flexibility index (Phi) is 5.03. The molecule has 25 heavy (non-hydrogen) atoms. The Hall–Kier alpha value is -3.22. The van der Waals surface area contributed by atoms with Crippen molar-refractivity contribution in [3.63, 3.8) is 0 Å². The topological polar surface area (TPSA) is 79.9 Å². The molecule has 7 heteroatoms. The summed E-state index contributed by atoms with van der Waals surface area (Å²) in [6.45, 7) is 0.405. The summed E-state index contributed by atoms with van der Waals surface area (Å²) in [7, 11) is 1.60. The van der Waals surface area contributed by atoms with Crippen molar-refractivity contribution in [1.29, 1.82) is 0 Å². The fourth-order valence-electron chi connectivity index (χ4n) is 2.28. The third kappa shape index (κ3) is 4.41. The van der Waals surface area contributed by atoms with Crippen LogP contribution in [-0.4, -0.2) is 22.3 Å². The number of halogens is 1. The standard InChI is InChI=1S/C18H17FN4O2/c1-25-15-8-4-12(5-9-15)10-16-17(24)21-18(23-22-16)20-11-13-2-6-14(19)7-3-13/h2-9H,10-11H2,1H3,(H2,20,21,23,24). The summed E-state index contributed by atoms with van der Waals surface area (Å²) in [4.78, 5) is 14.8. The van der Waals surface area contributed by atoms with Gasteiger partial charge in [-0.25, -0.2) is 4.39 Å². The van der Waals surface area contributed by atoms with Crippen LogP contribution in [0.5, 0.6) is 5.75 Å². The number of aromatic nitrogens is 3. The van der Waals surface area contributed by atoms with E-state index in [1.807, 2.05) is 24.3 Å². The molecule has 0 fully saturated rings. The number of hydrogen-bond donors (Lipinski definition) is 2. The molecule has 0 atom stereocenters. The Labute approximate surface area is 143 Å². The lowest BCUT2D eigenvalue weighted by atomic mass is 10.1. The van der Waals surface area contributed by atoms with E-state index in [0.717, 1.165) is 16.9 Å². The summed E-state index contributed by atoms with van der Waals surface area (Å²) in [5.74, 6) is 0.733. The first-order valence-electron chi connectivity index (χ1n) is 7.71. The maximum atomic E-state index is 12.9. The average Bonchev–Trinajstić information content (AvgIpc) is 2.64. The maximum absolute atomic E-state index is 12.9. The molecule has 6 nitrogen and oxygen atoms in total. The molecule has 1 aromatic heterocycles. The third-order valence-corrected chi connectivity index (χ3v) is 3.67. The molecular weight excluding hydrogens is 323 g/mol. The number of nitrogens with one attached hydrogen (secondary N) is 2. The third-order valence-electron chi connectivity index (χ3n) is 3.67. The number of ether oxygens (including phenoxy) is 1. The number of rotatable bonds is 6. The summed E-state index contributed by atoms with van der Waals surface area (Å²) < 4.78 is 18.0. The zero-order valence-corrected chi connectivity index (χ0v) is 13.6. The van der Waals surface area contributed by atoms with Gasteiger partial charge in [-0.3, -0.25) is 9.78 Å².